The Morgan fingerprint density at radius 1 is 1.53 bits per heavy atom. The highest BCUT2D eigenvalue weighted by Crippen LogP contribution is 2.28. The van der Waals surface area contributed by atoms with Gasteiger partial charge in [0.05, 0.1) is 12.2 Å². The van der Waals surface area contributed by atoms with Crippen LogP contribution in [0.25, 0.3) is 0 Å². The largest absolute Gasteiger partial charge is 0.275 e. The first kappa shape index (κ1) is 10.4. The summed E-state index contributed by atoms with van der Waals surface area (Å²) in [6.45, 7) is 0. The van der Waals surface area contributed by atoms with Gasteiger partial charge in [-0.25, -0.2) is 5.43 Å². The summed E-state index contributed by atoms with van der Waals surface area (Å²) < 4.78 is 1.81. The molecule has 0 aromatic carbocycles. The maximum atomic E-state index is 5.62. The highest BCUT2D eigenvalue weighted by atomic mass is 15.3. The molecule has 15 heavy (non-hydrogen) atoms. The van der Waals surface area contributed by atoms with E-state index in [0.29, 0.717) is 0 Å². The van der Waals surface area contributed by atoms with E-state index in [9.17, 15) is 0 Å². The maximum Gasteiger partial charge on any atom is 0.0700 e. The van der Waals surface area contributed by atoms with Gasteiger partial charge in [0, 0.05) is 18.8 Å². The SMILES string of the molecule is Cn1cc(C(NN)C2=CCCCC2)cn1. The minimum absolute atomic E-state index is 0.138. The average molecular weight is 206 g/mol. The molecule has 0 saturated heterocycles. The van der Waals surface area contributed by atoms with Crippen LogP contribution >= 0.6 is 0 Å². The molecule has 82 valence electrons. The highest BCUT2D eigenvalue weighted by molar-refractivity contribution is 5.25. The first-order valence-corrected chi connectivity index (χ1v) is 5.45. The molecule has 1 heterocycles. The van der Waals surface area contributed by atoms with Crippen molar-refractivity contribution in [2.24, 2.45) is 12.9 Å². The molecule has 0 aliphatic heterocycles. The van der Waals surface area contributed by atoms with Crippen molar-refractivity contribution in [2.45, 2.75) is 31.7 Å². The van der Waals surface area contributed by atoms with Gasteiger partial charge < -0.3 is 0 Å². The zero-order valence-electron chi connectivity index (χ0n) is 9.11. The van der Waals surface area contributed by atoms with Crippen molar-refractivity contribution in [1.29, 1.82) is 0 Å². The Bertz CT molecular complexity index is 353. The molecule has 2 rings (SSSR count). The molecule has 0 bridgehead atoms. The fraction of sp³-hybridized carbons (Fsp3) is 0.545. The van der Waals surface area contributed by atoms with Gasteiger partial charge in [-0.2, -0.15) is 5.10 Å². The van der Waals surface area contributed by atoms with Crippen LogP contribution in [-0.2, 0) is 7.05 Å². The zero-order chi connectivity index (χ0) is 10.7. The molecule has 1 aromatic rings. The standard InChI is InChI=1S/C11H18N4/c1-15-8-10(7-13-15)11(14-12)9-5-3-2-4-6-9/h5,7-8,11,14H,2-4,6,12H2,1H3. The van der Waals surface area contributed by atoms with E-state index in [1.54, 1.807) is 0 Å². The summed E-state index contributed by atoms with van der Waals surface area (Å²) in [6.07, 6.45) is 11.1. The summed E-state index contributed by atoms with van der Waals surface area (Å²) in [4.78, 5) is 0. The highest BCUT2D eigenvalue weighted by Gasteiger charge is 2.17. The van der Waals surface area contributed by atoms with E-state index in [1.807, 2.05) is 24.1 Å². The van der Waals surface area contributed by atoms with E-state index in [-0.39, 0.29) is 6.04 Å². The van der Waals surface area contributed by atoms with Gasteiger partial charge >= 0.3 is 0 Å². The number of aryl methyl sites for hydroxylation is 1. The van der Waals surface area contributed by atoms with Crippen LogP contribution in [0, 0.1) is 0 Å². The summed E-state index contributed by atoms with van der Waals surface area (Å²) in [6, 6.07) is 0.138. The molecule has 1 aromatic heterocycles. The summed E-state index contributed by atoms with van der Waals surface area (Å²) in [5, 5.41) is 4.17. The van der Waals surface area contributed by atoms with Crippen molar-refractivity contribution in [3.05, 3.63) is 29.6 Å². The minimum atomic E-state index is 0.138. The number of hydrogen-bond acceptors (Lipinski definition) is 3. The minimum Gasteiger partial charge on any atom is -0.275 e. The number of nitrogens with two attached hydrogens (primary N) is 1. The third-order valence-electron chi connectivity index (χ3n) is 2.92. The molecule has 3 N–H and O–H groups in total. The van der Waals surface area contributed by atoms with E-state index >= 15 is 0 Å². The van der Waals surface area contributed by atoms with Crippen LogP contribution < -0.4 is 11.3 Å². The number of hydrogen-bond donors (Lipinski definition) is 2. The second kappa shape index (κ2) is 4.59. The number of nitrogens with zero attached hydrogens (tertiary/aromatic N) is 2. The topological polar surface area (TPSA) is 55.9 Å². The van der Waals surface area contributed by atoms with Crippen LogP contribution in [-0.4, -0.2) is 9.78 Å². The van der Waals surface area contributed by atoms with Crippen LogP contribution in [0.4, 0.5) is 0 Å². The zero-order valence-corrected chi connectivity index (χ0v) is 9.11. The Kier molecular flexibility index (Phi) is 3.18. The quantitative estimate of drug-likeness (QED) is 0.447. The molecule has 4 nitrogen and oxygen atoms in total. The Hall–Kier alpha value is -1.13. The van der Waals surface area contributed by atoms with Crippen molar-refractivity contribution in [3.63, 3.8) is 0 Å². The molecule has 1 aliphatic rings. The molecular formula is C11H18N4. The van der Waals surface area contributed by atoms with Crippen molar-refractivity contribution >= 4 is 0 Å². The van der Waals surface area contributed by atoms with Crippen molar-refractivity contribution in [3.8, 4) is 0 Å². The molecule has 0 radical (unpaired) electrons. The number of allylic oxidation sites excluding steroid dienone is 1. The molecule has 4 heteroatoms. The maximum absolute atomic E-state index is 5.62. The molecule has 0 amide bonds. The van der Waals surface area contributed by atoms with E-state index in [2.05, 4.69) is 16.6 Å². The van der Waals surface area contributed by atoms with Gasteiger partial charge in [0.15, 0.2) is 0 Å². The van der Waals surface area contributed by atoms with Crippen LogP contribution in [0.5, 0.6) is 0 Å². The summed E-state index contributed by atoms with van der Waals surface area (Å²) in [5.41, 5.74) is 5.43. The smallest absolute Gasteiger partial charge is 0.0700 e. The van der Waals surface area contributed by atoms with Crippen LogP contribution in [0.1, 0.15) is 37.3 Å². The number of rotatable bonds is 3. The van der Waals surface area contributed by atoms with E-state index in [1.165, 1.54) is 24.8 Å². The number of hydrazine groups is 1. The molecular weight excluding hydrogens is 188 g/mol. The third-order valence-corrected chi connectivity index (χ3v) is 2.92. The third kappa shape index (κ3) is 2.27. The molecule has 1 atom stereocenters. The second-order valence-electron chi connectivity index (χ2n) is 4.07. The van der Waals surface area contributed by atoms with Gasteiger partial charge in [-0.05, 0) is 25.7 Å². The average Bonchev–Trinajstić information content (AvgIpc) is 2.68. The van der Waals surface area contributed by atoms with Gasteiger partial charge in [0.2, 0.25) is 0 Å². The summed E-state index contributed by atoms with van der Waals surface area (Å²) >= 11 is 0. The van der Waals surface area contributed by atoms with E-state index in [4.69, 9.17) is 5.84 Å². The number of nitrogens with one attached hydrogen (secondary N) is 1. The van der Waals surface area contributed by atoms with Crippen molar-refractivity contribution in [1.82, 2.24) is 15.2 Å². The van der Waals surface area contributed by atoms with E-state index in [0.717, 1.165) is 12.0 Å². The first-order chi connectivity index (χ1) is 7.31. The molecule has 0 fully saturated rings. The molecule has 1 aliphatic carbocycles. The van der Waals surface area contributed by atoms with Crippen molar-refractivity contribution < 1.29 is 0 Å². The fourth-order valence-corrected chi connectivity index (χ4v) is 2.13. The predicted molar refractivity (Wildman–Crippen MR) is 59.8 cm³/mol. The second-order valence-corrected chi connectivity index (χ2v) is 4.07. The van der Waals surface area contributed by atoms with Crippen LogP contribution in [0.2, 0.25) is 0 Å². The molecule has 1 unspecified atom stereocenters. The van der Waals surface area contributed by atoms with Gasteiger partial charge in [-0.15, -0.1) is 0 Å². The lowest BCUT2D eigenvalue weighted by atomic mass is 9.91. The van der Waals surface area contributed by atoms with Crippen LogP contribution in [0.15, 0.2) is 24.0 Å². The monoisotopic (exact) mass is 206 g/mol. The predicted octanol–water partition coefficient (Wildman–Crippen LogP) is 1.42. The van der Waals surface area contributed by atoms with Crippen LogP contribution in [0.3, 0.4) is 0 Å². The first-order valence-electron chi connectivity index (χ1n) is 5.45. The lowest BCUT2D eigenvalue weighted by Crippen LogP contribution is -2.29. The van der Waals surface area contributed by atoms with Gasteiger partial charge in [-0.1, -0.05) is 11.6 Å². The van der Waals surface area contributed by atoms with Gasteiger partial charge in [0.1, 0.15) is 0 Å². The molecule has 0 saturated carbocycles. The van der Waals surface area contributed by atoms with Gasteiger partial charge in [0.25, 0.3) is 0 Å². The normalized spacial score (nSPS) is 18.7. The summed E-state index contributed by atoms with van der Waals surface area (Å²) in [7, 11) is 1.92. The van der Waals surface area contributed by atoms with Gasteiger partial charge in [-0.3, -0.25) is 10.5 Å². The number of aromatic nitrogens is 2. The lowest BCUT2D eigenvalue weighted by Gasteiger charge is -2.21. The lowest BCUT2D eigenvalue weighted by molar-refractivity contribution is 0.565. The fourth-order valence-electron chi connectivity index (χ4n) is 2.13. The van der Waals surface area contributed by atoms with E-state index < -0.39 is 0 Å². The Morgan fingerprint density at radius 3 is 2.93 bits per heavy atom. The Balaban J connectivity index is 2.19. The van der Waals surface area contributed by atoms with Crippen molar-refractivity contribution in [2.75, 3.05) is 0 Å². The molecule has 0 spiro atoms. The summed E-state index contributed by atoms with van der Waals surface area (Å²) in [5.74, 6) is 5.62. The Morgan fingerprint density at radius 2 is 2.40 bits per heavy atom. The Labute approximate surface area is 90.1 Å².